The van der Waals surface area contributed by atoms with Gasteiger partial charge >= 0.3 is 0 Å². The molecule has 1 aromatic heterocycles. The number of rotatable bonds is 22. The van der Waals surface area contributed by atoms with Gasteiger partial charge in [0.15, 0.2) is 0 Å². The molecule has 8 unspecified atom stereocenters. The standard InChI is InChI=1S/C39H65N7O8S.C3H8/c1-11-25(4)35(45(8)33(48)23-41-39(51)34(24(2)3)44(6)7)31(53-9)22-32(47)46-20-14-16-30(46)36(54-10)26(5)37(49)42-29(21-27-15-12-13-19-40-27)38(50)43-55(52)28-17-18-28;1-3-2/h12-13,15,19,24-26,28-31,34-36H,11,14,16-18,20-23H2,1-10H3,(H,41,51)(H,42,49)(H,43,50);3H2,1-2H3/t25?,26?,29?,30?,31-,34?,35?,36?,55?;/m1./s1. The highest BCUT2D eigenvalue weighted by Crippen LogP contribution is 2.30. The maximum absolute atomic E-state index is 14.1. The number of carbonyl (C=O) groups is 5. The van der Waals surface area contributed by atoms with Gasteiger partial charge in [-0.1, -0.05) is 67.4 Å². The van der Waals surface area contributed by atoms with Crippen molar-refractivity contribution < 1.29 is 37.7 Å². The lowest BCUT2D eigenvalue weighted by atomic mass is 9.90. The number of amides is 5. The van der Waals surface area contributed by atoms with Gasteiger partial charge in [-0.3, -0.25) is 38.6 Å². The second-order valence-electron chi connectivity index (χ2n) is 16.3. The zero-order valence-corrected chi connectivity index (χ0v) is 37.9. The molecular formula is C42H73N7O8S. The molecule has 0 aromatic carbocycles. The van der Waals surface area contributed by atoms with Crippen molar-refractivity contribution in [2.24, 2.45) is 17.8 Å². The maximum atomic E-state index is 14.1. The number of hydrogen-bond acceptors (Lipinski definition) is 10. The quantitative estimate of drug-likeness (QED) is 0.157. The predicted molar refractivity (Wildman–Crippen MR) is 227 cm³/mol. The van der Waals surface area contributed by atoms with Gasteiger partial charge < -0.3 is 29.9 Å². The SMILES string of the molecule is CCC.CCC(C)C([C@@H](CC(=O)N1CCCC1C(OC)C(C)C(=O)NC(Cc1ccccn1)C(=O)NS(=O)C1CC1)OC)N(C)C(=O)CNC(=O)C(C(C)C)N(C)C. The van der Waals surface area contributed by atoms with Crippen LogP contribution < -0.4 is 15.4 Å². The number of methoxy groups -OCH3 is 2. The van der Waals surface area contributed by atoms with Crippen LogP contribution in [0.2, 0.25) is 0 Å². The lowest BCUT2D eigenvalue weighted by Gasteiger charge is -2.39. The maximum Gasteiger partial charge on any atom is 0.254 e. The van der Waals surface area contributed by atoms with Gasteiger partial charge in [0.2, 0.25) is 23.6 Å². The molecule has 0 radical (unpaired) electrons. The first-order valence-corrected chi connectivity index (χ1v) is 22.1. The molecule has 2 fully saturated rings. The zero-order chi connectivity index (χ0) is 43.7. The van der Waals surface area contributed by atoms with Gasteiger partial charge in [0.05, 0.1) is 54.5 Å². The smallest absolute Gasteiger partial charge is 0.254 e. The number of likely N-dealkylation sites (N-methyl/N-ethyl adjacent to an activating group) is 2. The molecular weight excluding hydrogens is 763 g/mol. The van der Waals surface area contributed by atoms with Gasteiger partial charge in [0.25, 0.3) is 5.91 Å². The molecule has 16 heteroatoms. The zero-order valence-electron chi connectivity index (χ0n) is 37.1. The van der Waals surface area contributed by atoms with Gasteiger partial charge in [0.1, 0.15) is 17.0 Å². The molecule has 2 heterocycles. The topological polar surface area (TPSA) is 180 Å². The van der Waals surface area contributed by atoms with Crippen LogP contribution in [0, 0.1) is 17.8 Å². The summed E-state index contributed by atoms with van der Waals surface area (Å²) in [5.41, 5.74) is 0.591. The van der Waals surface area contributed by atoms with Crippen molar-refractivity contribution in [3.05, 3.63) is 30.1 Å². The minimum absolute atomic E-state index is 0.0104. The van der Waals surface area contributed by atoms with Crippen LogP contribution in [0.15, 0.2) is 24.4 Å². The number of hydrogen-bond donors (Lipinski definition) is 3. The molecule has 15 nitrogen and oxygen atoms in total. The van der Waals surface area contributed by atoms with Crippen LogP contribution in [0.4, 0.5) is 0 Å². The largest absolute Gasteiger partial charge is 0.379 e. The average Bonchev–Trinajstić information content (AvgIpc) is 3.93. The molecule has 1 aliphatic carbocycles. The van der Waals surface area contributed by atoms with Gasteiger partial charge in [-0.15, -0.1) is 0 Å². The Morgan fingerprint density at radius 2 is 1.60 bits per heavy atom. The summed E-state index contributed by atoms with van der Waals surface area (Å²) in [5, 5.41) is 5.57. The van der Waals surface area contributed by atoms with Crippen LogP contribution in [0.3, 0.4) is 0 Å². The van der Waals surface area contributed by atoms with E-state index in [0.29, 0.717) is 25.1 Å². The molecule has 1 saturated heterocycles. The molecule has 3 N–H and O–H groups in total. The average molecular weight is 836 g/mol. The van der Waals surface area contributed by atoms with Gasteiger partial charge in [-0.05, 0) is 63.7 Å². The molecule has 0 bridgehead atoms. The second kappa shape index (κ2) is 25.2. The van der Waals surface area contributed by atoms with Crippen molar-refractivity contribution in [3.63, 3.8) is 0 Å². The number of carbonyl (C=O) groups excluding carboxylic acids is 5. The summed E-state index contributed by atoms with van der Waals surface area (Å²) in [6.45, 7) is 14.2. The van der Waals surface area contributed by atoms with Crippen LogP contribution in [0.25, 0.3) is 0 Å². The van der Waals surface area contributed by atoms with E-state index in [4.69, 9.17) is 9.47 Å². The Balaban J connectivity index is 0.00000374. The van der Waals surface area contributed by atoms with E-state index < -0.39 is 59.1 Å². The van der Waals surface area contributed by atoms with E-state index in [2.05, 4.69) is 34.2 Å². The van der Waals surface area contributed by atoms with Crippen LogP contribution in [-0.2, 0) is 50.9 Å². The number of nitrogens with zero attached hydrogens (tertiary/aromatic N) is 4. The summed E-state index contributed by atoms with van der Waals surface area (Å²) in [4.78, 5) is 77.2. The lowest BCUT2D eigenvalue weighted by Crippen LogP contribution is -2.56. The van der Waals surface area contributed by atoms with Crippen LogP contribution in [0.5, 0.6) is 0 Å². The van der Waals surface area contributed by atoms with E-state index in [-0.39, 0.29) is 60.2 Å². The van der Waals surface area contributed by atoms with Crippen LogP contribution in [0.1, 0.15) is 99.1 Å². The van der Waals surface area contributed by atoms with Gasteiger partial charge in [-0.25, -0.2) is 4.21 Å². The summed E-state index contributed by atoms with van der Waals surface area (Å²) in [6.07, 6.45) is 5.20. The van der Waals surface area contributed by atoms with E-state index in [1.165, 1.54) is 20.6 Å². The summed E-state index contributed by atoms with van der Waals surface area (Å²) in [6, 6.07) is 3.01. The first kappa shape index (κ1) is 50.7. The predicted octanol–water partition coefficient (Wildman–Crippen LogP) is 3.09. The van der Waals surface area contributed by atoms with E-state index in [1.54, 1.807) is 48.2 Å². The summed E-state index contributed by atoms with van der Waals surface area (Å²) in [7, 11) is 6.84. The number of aromatic nitrogens is 1. The Morgan fingerprint density at radius 1 is 0.948 bits per heavy atom. The minimum Gasteiger partial charge on any atom is -0.379 e. The number of nitrogens with one attached hydrogen (secondary N) is 3. The van der Waals surface area contributed by atoms with Crippen molar-refractivity contribution >= 4 is 40.5 Å². The minimum atomic E-state index is -1.53. The normalized spacial score (nSPS) is 19.4. The van der Waals surface area contributed by atoms with Crippen molar-refractivity contribution in [2.45, 2.75) is 141 Å². The lowest BCUT2D eigenvalue weighted by molar-refractivity contribution is -0.146. The summed E-state index contributed by atoms with van der Waals surface area (Å²) < 4.78 is 27.0. The fourth-order valence-electron chi connectivity index (χ4n) is 7.63. The molecule has 1 saturated carbocycles. The highest BCUT2D eigenvalue weighted by atomic mass is 32.2. The fourth-order valence-corrected chi connectivity index (χ4v) is 8.70. The Bertz CT molecular complexity index is 1470. The molecule has 58 heavy (non-hydrogen) atoms. The Kier molecular flexibility index (Phi) is 22.0. The number of pyridine rings is 1. The molecule has 9 atom stereocenters. The van der Waals surface area contributed by atoms with Crippen LogP contribution in [-0.4, -0.2) is 144 Å². The van der Waals surface area contributed by atoms with Gasteiger partial charge in [0, 0.05) is 46.1 Å². The van der Waals surface area contributed by atoms with Gasteiger partial charge in [-0.2, -0.15) is 0 Å². The highest BCUT2D eigenvalue weighted by molar-refractivity contribution is 7.84. The fraction of sp³-hybridized carbons (Fsp3) is 0.762. The molecule has 5 amide bonds. The number of likely N-dealkylation sites (tertiary alicyclic amines) is 1. The van der Waals surface area contributed by atoms with E-state index in [0.717, 1.165) is 19.3 Å². The van der Waals surface area contributed by atoms with Crippen molar-refractivity contribution in [1.29, 1.82) is 0 Å². The third-order valence-corrected chi connectivity index (χ3v) is 12.5. The first-order valence-electron chi connectivity index (χ1n) is 20.9. The third-order valence-electron chi connectivity index (χ3n) is 11.0. The third kappa shape index (κ3) is 15.0. The number of ether oxygens (including phenoxy) is 2. The van der Waals surface area contributed by atoms with E-state index in [1.807, 2.05) is 46.7 Å². The van der Waals surface area contributed by atoms with E-state index in [9.17, 15) is 28.2 Å². The molecule has 1 aromatic rings. The molecule has 2 aliphatic rings. The molecule has 330 valence electrons. The van der Waals surface area contributed by atoms with Crippen molar-refractivity contribution in [3.8, 4) is 0 Å². The monoisotopic (exact) mass is 836 g/mol. The highest BCUT2D eigenvalue weighted by Gasteiger charge is 2.43. The summed E-state index contributed by atoms with van der Waals surface area (Å²) in [5.74, 6) is -2.44. The molecule has 1 aliphatic heterocycles. The molecule has 3 rings (SSSR count). The van der Waals surface area contributed by atoms with Crippen molar-refractivity contribution in [1.82, 2.24) is 35.0 Å². The Hall–Kier alpha value is -3.47. The van der Waals surface area contributed by atoms with Crippen molar-refractivity contribution in [2.75, 3.05) is 48.5 Å². The van der Waals surface area contributed by atoms with E-state index >= 15 is 0 Å². The molecule has 0 spiro atoms. The Morgan fingerprint density at radius 3 is 2.12 bits per heavy atom. The summed E-state index contributed by atoms with van der Waals surface area (Å²) >= 11 is 0. The van der Waals surface area contributed by atoms with Crippen LogP contribution >= 0.6 is 0 Å². The second-order valence-corrected chi connectivity index (χ2v) is 17.7. The Labute approximate surface area is 350 Å². The first-order chi connectivity index (χ1) is 27.5.